The molecule has 20 heavy (non-hydrogen) atoms. The van der Waals surface area contributed by atoms with Gasteiger partial charge in [0.1, 0.15) is 0 Å². The lowest BCUT2D eigenvalue weighted by atomic mass is 10.1. The highest BCUT2D eigenvalue weighted by Crippen LogP contribution is 2.19. The summed E-state index contributed by atoms with van der Waals surface area (Å²) >= 11 is 0. The van der Waals surface area contributed by atoms with Crippen LogP contribution >= 0.6 is 10.7 Å². The maximum atomic E-state index is 12.1. The summed E-state index contributed by atoms with van der Waals surface area (Å²) in [5.41, 5.74) is 0.988. The number of hydrogen-bond acceptors (Lipinski definition) is 4. The van der Waals surface area contributed by atoms with Crippen LogP contribution in [-0.2, 0) is 13.8 Å². The van der Waals surface area contributed by atoms with Crippen molar-refractivity contribution in [2.45, 2.75) is 18.7 Å². The van der Waals surface area contributed by atoms with E-state index in [4.69, 9.17) is 15.4 Å². The molecule has 1 amide bonds. The second kappa shape index (κ2) is 7.06. The molecule has 7 heteroatoms. The molecule has 112 valence electrons. The summed E-state index contributed by atoms with van der Waals surface area (Å²) in [4.78, 5) is 12.0. The van der Waals surface area contributed by atoms with Crippen molar-refractivity contribution < 1.29 is 17.9 Å². The van der Waals surface area contributed by atoms with E-state index in [-0.39, 0.29) is 16.7 Å². The van der Waals surface area contributed by atoms with Crippen LogP contribution < -0.4 is 5.32 Å². The van der Waals surface area contributed by atoms with Crippen LogP contribution in [0.25, 0.3) is 0 Å². The molecule has 1 rings (SSSR count). The van der Waals surface area contributed by atoms with Crippen molar-refractivity contribution in [3.05, 3.63) is 29.3 Å². The zero-order chi connectivity index (χ0) is 15.3. The van der Waals surface area contributed by atoms with Gasteiger partial charge in [-0.15, -0.1) is 0 Å². The Morgan fingerprint density at radius 1 is 1.45 bits per heavy atom. The first kappa shape index (κ1) is 16.9. The Balaban J connectivity index is 2.87. The fraction of sp³-hybridized carbons (Fsp3) is 0.462. The van der Waals surface area contributed by atoms with E-state index in [9.17, 15) is 13.2 Å². The second-order valence-electron chi connectivity index (χ2n) is 4.69. The number of benzene rings is 1. The SMILES string of the molecule is COCC(C)CNC(=O)c1cc(S(=O)(=O)Cl)ccc1C. The first-order valence-corrected chi connectivity index (χ1v) is 8.39. The van der Waals surface area contributed by atoms with Crippen LogP contribution in [-0.4, -0.2) is 34.6 Å². The maximum absolute atomic E-state index is 12.1. The molecule has 0 heterocycles. The van der Waals surface area contributed by atoms with Crippen LogP contribution in [0.3, 0.4) is 0 Å². The van der Waals surface area contributed by atoms with E-state index in [1.165, 1.54) is 12.1 Å². The van der Waals surface area contributed by atoms with Crippen molar-refractivity contribution in [3.63, 3.8) is 0 Å². The minimum atomic E-state index is -3.84. The van der Waals surface area contributed by atoms with Crippen LogP contribution in [0.2, 0.25) is 0 Å². The summed E-state index contributed by atoms with van der Waals surface area (Å²) in [6.07, 6.45) is 0. The highest BCUT2D eigenvalue weighted by Gasteiger charge is 2.16. The molecule has 0 saturated carbocycles. The Bertz CT molecular complexity index is 586. The van der Waals surface area contributed by atoms with Crippen LogP contribution in [0.15, 0.2) is 23.1 Å². The van der Waals surface area contributed by atoms with Gasteiger partial charge in [0.05, 0.1) is 11.5 Å². The predicted octanol–water partition coefficient (Wildman–Crippen LogP) is 1.93. The average molecular weight is 320 g/mol. The number of carbonyl (C=O) groups excluding carboxylic acids is 1. The molecule has 0 fully saturated rings. The number of amides is 1. The van der Waals surface area contributed by atoms with E-state index < -0.39 is 9.05 Å². The van der Waals surface area contributed by atoms with Crippen molar-refractivity contribution in [2.75, 3.05) is 20.3 Å². The number of halogens is 1. The molecule has 1 unspecified atom stereocenters. The van der Waals surface area contributed by atoms with Crippen LogP contribution in [0.4, 0.5) is 0 Å². The molecular formula is C13H18ClNO4S. The first-order valence-electron chi connectivity index (χ1n) is 6.08. The Kier molecular flexibility index (Phi) is 5.98. The molecule has 5 nitrogen and oxygen atoms in total. The minimum Gasteiger partial charge on any atom is -0.384 e. The largest absolute Gasteiger partial charge is 0.384 e. The zero-order valence-electron chi connectivity index (χ0n) is 11.6. The van der Waals surface area contributed by atoms with Gasteiger partial charge in [-0.2, -0.15) is 0 Å². The van der Waals surface area contributed by atoms with Gasteiger partial charge < -0.3 is 10.1 Å². The fourth-order valence-corrected chi connectivity index (χ4v) is 2.48. The van der Waals surface area contributed by atoms with Crippen molar-refractivity contribution in [2.24, 2.45) is 5.92 Å². The number of ether oxygens (including phenoxy) is 1. The van der Waals surface area contributed by atoms with Gasteiger partial charge >= 0.3 is 0 Å². The first-order chi connectivity index (χ1) is 9.25. The Morgan fingerprint density at radius 2 is 2.10 bits per heavy atom. The lowest BCUT2D eigenvalue weighted by Gasteiger charge is -2.13. The number of carbonyl (C=O) groups is 1. The molecule has 1 atom stereocenters. The molecule has 0 bridgehead atoms. The molecule has 0 radical (unpaired) electrons. The van der Waals surface area contributed by atoms with E-state index >= 15 is 0 Å². The highest BCUT2D eigenvalue weighted by atomic mass is 35.7. The van der Waals surface area contributed by atoms with Gasteiger partial charge in [-0.3, -0.25) is 4.79 Å². The Morgan fingerprint density at radius 3 is 2.65 bits per heavy atom. The zero-order valence-corrected chi connectivity index (χ0v) is 13.2. The number of nitrogens with one attached hydrogen (secondary N) is 1. The van der Waals surface area contributed by atoms with Gasteiger partial charge in [0.15, 0.2) is 0 Å². The Labute approximate surface area is 123 Å². The predicted molar refractivity (Wildman–Crippen MR) is 77.6 cm³/mol. The van der Waals surface area contributed by atoms with E-state index in [1.54, 1.807) is 20.1 Å². The van der Waals surface area contributed by atoms with Gasteiger partial charge in [-0.05, 0) is 30.5 Å². The van der Waals surface area contributed by atoms with Crippen molar-refractivity contribution in [1.82, 2.24) is 5.32 Å². The van der Waals surface area contributed by atoms with Crippen molar-refractivity contribution >= 4 is 25.6 Å². The van der Waals surface area contributed by atoms with Gasteiger partial charge in [0, 0.05) is 29.9 Å². The minimum absolute atomic E-state index is 0.0835. The van der Waals surface area contributed by atoms with E-state index in [2.05, 4.69) is 5.32 Å². The van der Waals surface area contributed by atoms with Gasteiger partial charge in [-0.1, -0.05) is 13.0 Å². The summed E-state index contributed by atoms with van der Waals surface area (Å²) in [5.74, 6) is -0.156. The monoisotopic (exact) mass is 319 g/mol. The highest BCUT2D eigenvalue weighted by molar-refractivity contribution is 8.13. The molecule has 0 aliphatic rings. The molecule has 1 N–H and O–H groups in total. The smallest absolute Gasteiger partial charge is 0.261 e. The van der Waals surface area contributed by atoms with Gasteiger partial charge in [-0.25, -0.2) is 8.42 Å². The van der Waals surface area contributed by atoms with Crippen LogP contribution in [0.5, 0.6) is 0 Å². The average Bonchev–Trinajstić information content (AvgIpc) is 2.35. The molecule has 0 spiro atoms. The quantitative estimate of drug-likeness (QED) is 0.813. The summed E-state index contributed by atoms with van der Waals surface area (Å²) in [6.45, 7) is 4.66. The molecule has 0 aliphatic carbocycles. The second-order valence-corrected chi connectivity index (χ2v) is 7.25. The maximum Gasteiger partial charge on any atom is 0.261 e. The third-order valence-electron chi connectivity index (χ3n) is 2.80. The summed E-state index contributed by atoms with van der Waals surface area (Å²) in [6, 6.07) is 4.22. The molecule has 0 aliphatic heterocycles. The van der Waals surface area contributed by atoms with E-state index in [0.29, 0.717) is 24.3 Å². The number of hydrogen-bond donors (Lipinski definition) is 1. The van der Waals surface area contributed by atoms with E-state index in [1.807, 2.05) is 6.92 Å². The number of rotatable bonds is 6. The molecule has 1 aromatic rings. The van der Waals surface area contributed by atoms with Crippen molar-refractivity contribution in [3.8, 4) is 0 Å². The normalized spacial score (nSPS) is 13.0. The van der Waals surface area contributed by atoms with Gasteiger partial charge in [0.25, 0.3) is 15.0 Å². The lowest BCUT2D eigenvalue weighted by Crippen LogP contribution is -2.30. The summed E-state index contributed by atoms with van der Waals surface area (Å²) in [5, 5.41) is 2.75. The Hall–Kier alpha value is -1.11. The number of methoxy groups -OCH3 is 1. The molecule has 0 saturated heterocycles. The fourth-order valence-electron chi connectivity index (χ4n) is 1.70. The lowest BCUT2D eigenvalue weighted by molar-refractivity contribution is 0.0933. The number of aryl methyl sites for hydroxylation is 1. The topological polar surface area (TPSA) is 72.5 Å². The summed E-state index contributed by atoms with van der Waals surface area (Å²) in [7, 11) is 3.03. The third-order valence-corrected chi connectivity index (χ3v) is 4.15. The molecular weight excluding hydrogens is 302 g/mol. The van der Waals surface area contributed by atoms with Crippen molar-refractivity contribution in [1.29, 1.82) is 0 Å². The molecule has 0 aromatic heterocycles. The summed E-state index contributed by atoms with van der Waals surface area (Å²) < 4.78 is 27.6. The standard InChI is InChI=1S/C13H18ClNO4S/c1-9(8-19-3)7-15-13(16)12-6-11(20(14,17)18)5-4-10(12)2/h4-6,9H,7-8H2,1-3H3,(H,15,16). The third kappa shape index (κ3) is 4.77. The van der Waals surface area contributed by atoms with Crippen LogP contribution in [0, 0.1) is 12.8 Å². The van der Waals surface area contributed by atoms with Gasteiger partial charge in [0.2, 0.25) is 0 Å². The van der Waals surface area contributed by atoms with Crippen LogP contribution in [0.1, 0.15) is 22.8 Å². The molecule has 1 aromatic carbocycles. The van der Waals surface area contributed by atoms with E-state index in [0.717, 1.165) is 0 Å².